The summed E-state index contributed by atoms with van der Waals surface area (Å²) in [5.74, 6) is -3.94. The van der Waals surface area contributed by atoms with Gasteiger partial charge in [0.15, 0.2) is 5.96 Å². The minimum Gasteiger partial charge on any atom is -0.479 e. The summed E-state index contributed by atoms with van der Waals surface area (Å²) < 4.78 is 52.7. The number of likely N-dealkylation sites (N-methyl/N-ethyl adjacent to an activating group) is 1. The first-order valence-electron chi connectivity index (χ1n) is 9.07. The maximum Gasteiger partial charge on any atom is 0.259 e. The molecule has 0 unspecified atom stereocenters. The third-order valence-electron chi connectivity index (χ3n) is 4.98. The molecule has 31 heavy (non-hydrogen) atoms. The zero-order valence-corrected chi connectivity index (χ0v) is 17.3. The van der Waals surface area contributed by atoms with Gasteiger partial charge in [-0.3, -0.25) is 15.1 Å². The van der Waals surface area contributed by atoms with Crippen LogP contribution in [0.3, 0.4) is 0 Å². The van der Waals surface area contributed by atoms with E-state index in [1.807, 2.05) is 0 Å². The summed E-state index contributed by atoms with van der Waals surface area (Å²) in [6.07, 6.45) is -0.286. The molecule has 1 amide bonds. The molecule has 1 aromatic heterocycles. The monoisotopic (exact) mass is 438 g/mol. The smallest absolute Gasteiger partial charge is 0.259 e. The predicted octanol–water partition coefficient (Wildman–Crippen LogP) is 1.63. The van der Waals surface area contributed by atoms with Gasteiger partial charge in [0.25, 0.3) is 11.8 Å². The van der Waals surface area contributed by atoms with Crippen LogP contribution < -0.4 is 19.7 Å². The number of nitrogens with one attached hydrogen (secondary N) is 2. The van der Waals surface area contributed by atoms with Crippen molar-refractivity contribution in [2.45, 2.75) is 12.0 Å². The van der Waals surface area contributed by atoms with Crippen molar-refractivity contribution in [1.29, 1.82) is 5.41 Å². The summed E-state index contributed by atoms with van der Waals surface area (Å²) >= 11 is 0. The zero-order chi connectivity index (χ0) is 22.9. The lowest BCUT2D eigenvalue weighted by Gasteiger charge is -2.44. The number of methoxy groups -OCH3 is 2. The van der Waals surface area contributed by atoms with E-state index in [4.69, 9.17) is 14.9 Å². The minimum absolute atomic E-state index is 0.0500. The molecule has 0 bridgehead atoms. The van der Waals surface area contributed by atoms with Gasteiger partial charge in [0, 0.05) is 26.2 Å². The van der Waals surface area contributed by atoms with Gasteiger partial charge >= 0.3 is 0 Å². The van der Waals surface area contributed by atoms with Crippen LogP contribution in [0.25, 0.3) is 0 Å². The molecule has 2 heterocycles. The van der Waals surface area contributed by atoms with Crippen molar-refractivity contribution < 1.29 is 27.4 Å². The Hall–Kier alpha value is -3.57. The van der Waals surface area contributed by atoms with Crippen molar-refractivity contribution in [2.75, 3.05) is 39.8 Å². The normalized spacial score (nSPS) is 18.6. The molecule has 1 saturated heterocycles. The third kappa shape index (κ3) is 4.05. The fraction of sp³-hybridized carbons (Fsp3) is 0.368. The van der Waals surface area contributed by atoms with E-state index < -0.39 is 28.9 Å². The van der Waals surface area contributed by atoms with Crippen molar-refractivity contribution in [3.63, 3.8) is 0 Å². The van der Waals surface area contributed by atoms with Gasteiger partial charge in [-0.2, -0.15) is 14.4 Å². The molecule has 0 aliphatic carbocycles. The molecule has 2 aromatic rings. The third-order valence-corrected chi connectivity index (χ3v) is 4.98. The van der Waals surface area contributed by atoms with E-state index in [9.17, 15) is 18.0 Å². The van der Waals surface area contributed by atoms with E-state index in [1.165, 1.54) is 33.2 Å². The number of benzene rings is 1. The molecule has 3 rings (SSSR count). The molecule has 1 aliphatic rings. The highest BCUT2D eigenvalue weighted by molar-refractivity contribution is 5.99. The van der Waals surface area contributed by atoms with Crippen molar-refractivity contribution in [3.8, 4) is 11.8 Å². The first-order valence-corrected chi connectivity index (χ1v) is 9.07. The number of nitrogens with zero attached hydrogens (tertiary/aromatic N) is 4. The highest BCUT2D eigenvalue weighted by atomic mass is 19.1. The Bertz CT molecular complexity index is 992. The highest BCUT2D eigenvalue weighted by Crippen LogP contribution is 2.34. The van der Waals surface area contributed by atoms with Crippen LogP contribution >= 0.6 is 0 Å². The number of rotatable bonds is 6. The van der Waals surface area contributed by atoms with Gasteiger partial charge in [-0.25, -0.2) is 8.78 Å². The first kappa shape index (κ1) is 22.1. The summed E-state index contributed by atoms with van der Waals surface area (Å²) in [6.45, 7) is -0.173. The van der Waals surface area contributed by atoms with E-state index in [2.05, 4.69) is 15.3 Å². The molecule has 12 heteroatoms. The minimum atomic E-state index is -1.53. The second kappa shape index (κ2) is 8.28. The molecule has 1 atom stereocenters. The number of halogens is 3. The lowest BCUT2D eigenvalue weighted by molar-refractivity contribution is -0.129. The van der Waals surface area contributed by atoms with E-state index in [1.54, 1.807) is 0 Å². The van der Waals surface area contributed by atoms with Gasteiger partial charge < -0.3 is 19.7 Å². The second-order valence-corrected chi connectivity index (χ2v) is 7.02. The van der Waals surface area contributed by atoms with Crippen molar-refractivity contribution in [3.05, 3.63) is 41.2 Å². The van der Waals surface area contributed by atoms with Crippen LogP contribution in [0.1, 0.15) is 12.0 Å². The molecule has 0 spiro atoms. The number of amides is 1. The summed E-state index contributed by atoms with van der Waals surface area (Å²) in [7, 11) is 5.35. The number of aromatic nitrogens is 2. The lowest BCUT2D eigenvalue weighted by atomic mass is 9.83. The Morgan fingerprint density at radius 1 is 1.23 bits per heavy atom. The predicted molar refractivity (Wildman–Crippen MR) is 105 cm³/mol. The van der Waals surface area contributed by atoms with Crippen LogP contribution in [0, 0.1) is 22.9 Å². The standard InChI is InChI=1S/C19H21F3N6O3/c1-27(18-24-15(30-3)14(22)16(25-18)31-4)9-19(8-13(29)28(2)17(23)26-19)11-7-10(20)5-6-12(11)21/h5-7H,8-9H2,1-4H3,(H2,23,26)/t19-/m1/s1. The van der Waals surface area contributed by atoms with E-state index in [0.29, 0.717) is 0 Å². The van der Waals surface area contributed by atoms with Gasteiger partial charge in [-0.05, 0) is 18.2 Å². The number of ether oxygens (including phenoxy) is 2. The average molecular weight is 438 g/mol. The molecule has 0 saturated carbocycles. The number of guanidine groups is 1. The summed E-state index contributed by atoms with van der Waals surface area (Å²) in [4.78, 5) is 23.0. The highest BCUT2D eigenvalue weighted by Gasteiger charge is 2.45. The van der Waals surface area contributed by atoms with Gasteiger partial charge in [-0.15, -0.1) is 0 Å². The van der Waals surface area contributed by atoms with E-state index >= 15 is 0 Å². The van der Waals surface area contributed by atoms with Crippen LogP contribution in [0.4, 0.5) is 19.1 Å². The number of hydrogen-bond donors (Lipinski definition) is 2. The molecule has 1 aliphatic heterocycles. The van der Waals surface area contributed by atoms with Crippen molar-refractivity contribution in [2.24, 2.45) is 0 Å². The van der Waals surface area contributed by atoms with Crippen molar-refractivity contribution in [1.82, 2.24) is 20.2 Å². The molecule has 9 nitrogen and oxygen atoms in total. The number of carbonyl (C=O) groups is 1. The number of hydrogen-bond acceptors (Lipinski definition) is 7. The van der Waals surface area contributed by atoms with Gasteiger partial charge in [0.05, 0.1) is 26.2 Å². The molecule has 0 radical (unpaired) electrons. The summed E-state index contributed by atoms with van der Waals surface area (Å²) in [5, 5.41) is 10.9. The molecular formula is C19H21F3N6O3. The topological polar surface area (TPSA) is 104 Å². The van der Waals surface area contributed by atoms with Crippen LogP contribution in [0.15, 0.2) is 18.2 Å². The van der Waals surface area contributed by atoms with Crippen LogP contribution in [-0.4, -0.2) is 61.6 Å². The Balaban J connectivity index is 2.09. The maximum absolute atomic E-state index is 14.8. The average Bonchev–Trinajstić information content (AvgIpc) is 2.73. The Labute approximate surface area is 176 Å². The van der Waals surface area contributed by atoms with Gasteiger partial charge in [0.1, 0.15) is 11.6 Å². The number of anilines is 1. The quantitative estimate of drug-likeness (QED) is 0.707. The van der Waals surface area contributed by atoms with E-state index in [0.717, 1.165) is 23.1 Å². The molecule has 2 N–H and O–H groups in total. The second-order valence-electron chi connectivity index (χ2n) is 7.02. The lowest BCUT2D eigenvalue weighted by Crippen LogP contribution is -2.63. The van der Waals surface area contributed by atoms with E-state index in [-0.39, 0.29) is 42.2 Å². The summed E-state index contributed by atoms with van der Waals surface area (Å²) in [6, 6.07) is 2.87. The number of carbonyl (C=O) groups excluding carboxylic acids is 1. The Kier molecular flexibility index (Phi) is 5.91. The first-order chi connectivity index (χ1) is 14.6. The maximum atomic E-state index is 14.8. The van der Waals surface area contributed by atoms with Crippen LogP contribution in [-0.2, 0) is 10.3 Å². The fourth-order valence-electron chi connectivity index (χ4n) is 3.38. The van der Waals surface area contributed by atoms with Crippen molar-refractivity contribution >= 4 is 17.8 Å². The zero-order valence-electron chi connectivity index (χ0n) is 17.3. The summed E-state index contributed by atoms with van der Waals surface area (Å²) in [5.41, 5.74) is -1.67. The molecule has 1 fully saturated rings. The Morgan fingerprint density at radius 2 is 1.84 bits per heavy atom. The molecule has 1 aromatic carbocycles. The SMILES string of the molecule is COc1nc(N(C)C[C@@]2(c3cc(F)ccc3F)CC(=O)N(C)C(=N)N2)nc(OC)c1F. The van der Waals surface area contributed by atoms with Crippen LogP contribution in [0.5, 0.6) is 11.8 Å². The fourth-order valence-corrected chi connectivity index (χ4v) is 3.38. The molecule has 166 valence electrons. The van der Waals surface area contributed by atoms with Gasteiger partial charge in [0.2, 0.25) is 17.7 Å². The molecular weight excluding hydrogens is 417 g/mol. The Morgan fingerprint density at radius 3 is 2.39 bits per heavy atom. The van der Waals surface area contributed by atoms with Gasteiger partial charge in [-0.1, -0.05) is 0 Å². The van der Waals surface area contributed by atoms with Crippen LogP contribution in [0.2, 0.25) is 0 Å². The largest absolute Gasteiger partial charge is 0.479 e.